The largest absolute Gasteiger partial charge is 0.471 e. The lowest BCUT2D eigenvalue weighted by atomic mass is 10.00. The number of hydrogen-bond acceptors (Lipinski definition) is 5. The third-order valence-corrected chi connectivity index (χ3v) is 3.98. The Morgan fingerprint density at radius 2 is 2.16 bits per heavy atom. The van der Waals surface area contributed by atoms with Gasteiger partial charge in [0, 0.05) is 36.8 Å². The number of carbonyl (C=O) groups excluding carboxylic acids is 1. The molecular formula is C15H15F3N4O3. The third kappa shape index (κ3) is 3.57. The van der Waals surface area contributed by atoms with Gasteiger partial charge in [-0.25, -0.2) is 0 Å². The normalized spacial score (nSPS) is 15.3. The van der Waals surface area contributed by atoms with Gasteiger partial charge in [-0.15, -0.1) is 0 Å². The molecule has 2 aromatic heterocycles. The van der Waals surface area contributed by atoms with Crippen LogP contribution in [-0.4, -0.2) is 39.0 Å². The summed E-state index contributed by atoms with van der Waals surface area (Å²) in [6.07, 6.45) is -3.33. The number of H-pyrrole nitrogens is 1. The first-order chi connectivity index (χ1) is 11.8. The molecule has 134 valence electrons. The molecule has 2 aromatic rings. The van der Waals surface area contributed by atoms with Crippen molar-refractivity contribution in [2.24, 2.45) is 5.92 Å². The Morgan fingerprint density at radius 1 is 1.44 bits per heavy atom. The smallest absolute Gasteiger partial charge is 0.342 e. The summed E-state index contributed by atoms with van der Waals surface area (Å²) >= 11 is 0. The van der Waals surface area contributed by atoms with Gasteiger partial charge in [0.05, 0.1) is 0 Å². The van der Waals surface area contributed by atoms with Crippen LogP contribution in [0.4, 0.5) is 13.2 Å². The molecule has 1 saturated heterocycles. The highest BCUT2D eigenvalue weighted by atomic mass is 19.4. The lowest BCUT2D eigenvalue weighted by Gasteiger charge is -2.37. The number of nitrogens with zero attached hydrogens (tertiary/aromatic N) is 3. The van der Waals surface area contributed by atoms with E-state index in [-0.39, 0.29) is 35.7 Å². The van der Waals surface area contributed by atoms with Crippen LogP contribution >= 0.6 is 0 Å². The van der Waals surface area contributed by atoms with Gasteiger partial charge in [0.1, 0.15) is 0 Å². The molecule has 0 bridgehead atoms. The SMILES string of the molecule is CC1CN(C(=O)CCc2c(-c3noc(C(F)(F)F)n3)cc[nH]c2=O)C1. The molecule has 1 fully saturated rings. The number of rotatable bonds is 4. The van der Waals surface area contributed by atoms with Gasteiger partial charge in [-0.2, -0.15) is 18.2 Å². The summed E-state index contributed by atoms with van der Waals surface area (Å²) in [5, 5.41) is 3.30. The zero-order valence-electron chi connectivity index (χ0n) is 13.3. The fourth-order valence-electron chi connectivity index (χ4n) is 2.71. The molecule has 0 aromatic carbocycles. The van der Waals surface area contributed by atoms with Crippen LogP contribution in [0, 0.1) is 5.92 Å². The maximum absolute atomic E-state index is 12.6. The van der Waals surface area contributed by atoms with Crippen molar-refractivity contribution in [3.05, 3.63) is 34.1 Å². The number of carbonyl (C=O) groups is 1. The van der Waals surface area contributed by atoms with Gasteiger partial charge in [-0.3, -0.25) is 9.59 Å². The lowest BCUT2D eigenvalue weighted by molar-refractivity contribution is -0.159. The van der Waals surface area contributed by atoms with Gasteiger partial charge in [-0.05, 0) is 18.4 Å². The second kappa shape index (κ2) is 6.34. The van der Waals surface area contributed by atoms with E-state index in [2.05, 4.69) is 19.6 Å². The zero-order valence-corrected chi connectivity index (χ0v) is 13.3. The van der Waals surface area contributed by atoms with Gasteiger partial charge in [0.15, 0.2) is 0 Å². The van der Waals surface area contributed by atoms with E-state index in [0.29, 0.717) is 19.0 Å². The van der Waals surface area contributed by atoms with Crippen molar-refractivity contribution in [3.63, 3.8) is 0 Å². The number of aromatic amines is 1. The van der Waals surface area contributed by atoms with E-state index in [1.165, 1.54) is 12.3 Å². The van der Waals surface area contributed by atoms with E-state index in [1.807, 2.05) is 6.92 Å². The highest BCUT2D eigenvalue weighted by Gasteiger charge is 2.38. The maximum atomic E-state index is 12.6. The molecule has 10 heteroatoms. The molecule has 1 aliphatic rings. The van der Waals surface area contributed by atoms with E-state index < -0.39 is 17.6 Å². The molecule has 0 atom stereocenters. The molecule has 0 spiro atoms. The van der Waals surface area contributed by atoms with Gasteiger partial charge >= 0.3 is 12.1 Å². The predicted octanol–water partition coefficient (Wildman–Crippen LogP) is 1.85. The number of pyridine rings is 1. The minimum absolute atomic E-state index is 0.0745. The Balaban J connectivity index is 1.81. The number of nitrogens with one attached hydrogen (secondary N) is 1. The molecule has 25 heavy (non-hydrogen) atoms. The first kappa shape index (κ1) is 17.2. The zero-order chi connectivity index (χ0) is 18.2. The average molecular weight is 356 g/mol. The number of halogens is 3. The van der Waals surface area contributed by atoms with Crippen LogP contribution in [-0.2, 0) is 17.4 Å². The number of likely N-dealkylation sites (tertiary alicyclic amines) is 1. The summed E-state index contributed by atoms with van der Waals surface area (Å²) in [4.78, 5) is 31.5. The summed E-state index contributed by atoms with van der Waals surface area (Å²) < 4.78 is 42.0. The van der Waals surface area contributed by atoms with Crippen molar-refractivity contribution in [3.8, 4) is 11.4 Å². The fourth-order valence-corrected chi connectivity index (χ4v) is 2.71. The molecular weight excluding hydrogens is 341 g/mol. The summed E-state index contributed by atoms with van der Waals surface area (Å²) in [5.41, 5.74) is -0.229. The van der Waals surface area contributed by atoms with Gasteiger partial charge in [0.2, 0.25) is 11.7 Å². The number of alkyl halides is 3. The molecule has 3 rings (SSSR count). The van der Waals surface area contributed by atoms with Gasteiger partial charge in [-0.1, -0.05) is 12.1 Å². The van der Waals surface area contributed by atoms with Crippen molar-refractivity contribution in [2.75, 3.05) is 13.1 Å². The van der Waals surface area contributed by atoms with Crippen LogP contribution in [0.3, 0.4) is 0 Å². The minimum Gasteiger partial charge on any atom is -0.342 e. The summed E-state index contributed by atoms with van der Waals surface area (Å²) in [7, 11) is 0. The highest BCUT2D eigenvalue weighted by Crippen LogP contribution is 2.30. The first-order valence-electron chi connectivity index (χ1n) is 7.65. The molecule has 7 nitrogen and oxygen atoms in total. The summed E-state index contributed by atoms with van der Waals surface area (Å²) in [6, 6.07) is 1.39. The van der Waals surface area contributed by atoms with E-state index in [4.69, 9.17) is 0 Å². The van der Waals surface area contributed by atoms with Gasteiger partial charge in [0.25, 0.3) is 5.56 Å². The Hall–Kier alpha value is -2.65. The molecule has 0 radical (unpaired) electrons. The molecule has 0 aliphatic carbocycles. The van der Waals surface area contributed by atoms with Gasteiger partial charge < -0.3 is 14.4 Å². The summed E-state index contributed by atoms with van der Waals surface area (Å²) in [6.45, 7) is 3.38. The summed E-state index contributed by atoms with van der Waals surface area (Å²) in [5.74, 6) is -1.46. The first-order valence-corrected chi connectivity index (χ1v) is 7.65. The Kier molecular flexibility index (Phi) is 4.36. The highest BCUT2D eigenvalue weighted by molar-refractivity contribution is 5.77. The average Bonchev–Trinajstić information content (AvgIpc) is 3.00. The standard InChI is InChI=1S/C15H15F3N4O3/c1-8-6-22(7-8)11(23)3-2-10-9(4-5-19-13(10)24)12-20-14(25-21-12)15(16,17)18/h4-5,8H,2-3,6-7H2,1H3,(H,19,24). The van der Waals surface area contributed by atoms with Crippen LogP contribution in [0.25, 0.3) is 11.4 Å². The van der Waals surface area contributed by atoms with Crippen LogP contribution < -0.4 is 5.56 Å². The number of hydrogen-bond donors (Lipinski definition) is 1. The Bertz CT molecular complexity index is 837. The van der Waals surface area contributed by atoms with Crippen molar-refractivity contribution >= 4 is 5.91 Å². The third-order valence-electron chi connectivity index (χ3n) is 3.98. The molecule has 0 unspecified atom stereocenters. The number of amides is 1. The minimum atomic E-state index is -4.77. The van der Waals surface area contributed by atoms with Crippen LogP contribution in [0.5, 0.6) is 0 Å². The predicted molar refractivity (Wildman–Crippen MR) is 79.4 cm³/mol. The monoisotopic (exact) mass is 356 g/mol. The van der Waals surface area contributed by atoms with Crippen LogP contribution in [0.1, 0.15) is 24.8 Å². The Labute approximate surface area is 139 Å². The maximum Gasteiger partial charge on any atom is 0.471 e. The van der Waals surface area contributed by atoms with Crippen molar-refractivity contribution in [1.29, 1.82) is 0 Å². The number of aromatic nitrogens is 3. The Morgan fingerprint density at radius 3 is 2.76 bits per heavy atom. The van der Waals surface area contributed by atoms with Crippen molar-refractivity contribution in [2.45, 2.75) is 25.9 Å². The molecule has 1 amide bonds. The molecule has 1 aliphatic heterocycles. The second-order valence-corrected chi connectivity index (χ2v) is 6.02. The van der Waals surface area contributed by atoms with E-state index >= 15 is 0 Å². The van der Waals surface area contributed by atoms with E-state index in [1.54, 1.807) is 4.90 Å². The lowest BCUT2D eigenvalue weighted by Crippen LogP contribution is -2.48. The molecule has 3 heterocycles. The molecule has 0 saturated carbocycles. The van der Waals surface area contributed by atoms with E-state index in [9.17, 15) is 22.8 Å². The van der Waals surface area contributed by atoms with E-state index in [0.717, 1.165) is 0 Å². The molecule has 1 N–H and O–H groups in total. The second-order valence-electron chi connectivity index (χ2n) is 6.02. The van der Waals surface area contributed by atoms with Crippen LogP contribution in [0.2, 0.25) is 0 Å². The fraction of sp³-hybridized carbons (Fsp3) is 0.467. The quantitative estimate of drug-likeness (QED) is 0.903. The van der Waals surface area contributed by atoms with Crippen LogP contribution in [0.15, 0.2) is 21.6 Å². The van der Waals surface area contributed by atoms with Crippen molar-refractivity contribution in [1.82, 2.24) is 20.0 Å². The van der Waals surface area contributed by atoms with Crippen molar-refractivity contribution < 1.29 is 22.5 Å². The topological polar surface area (TPSA) is 92.1 Å².